The van der Waals surface area contributed by atoms with Crippen LogP contribution in [-0.4, -0.2) is 6.29 Å². The molecule has 0 heterocycles. The first-order valence-corrected chi connectivity index (χ1v) is 5.64. The summed E-state index contributed by atoms with van der Waals surface area (Å²) in [6.45, 7) is 8.96. The zero-order valence-electron chi connectivity index (χ0n) is 10.4. The molecule has 84 valence electrons. The van der Waals surface area contributed by atoms with E-state index in [0.29, 0.717) is 6.42 Å². The number of carbonyl (C=O) groups excluding carboxylic acids is 1. The maximum absolute atomic E-state index is 11.4. The summed E-state index contributed by atoms with van der Waals surface area (Å²) in [5.74, 6) is 2.67. The molecular formula is C14H22O. The Balaban J connectivity index is 3.00. The highest BCUT2D eigenvalue weighted by Crippen LogP contribution is 2.54. The van der Waals surface area contributed by atoms with Gasteiger partial charge in [-0.3, -0.25) is 0 Å². The van der Waals surface area contributed by atoms with Crippen LogP contribution in [0.4, 0.5) is 0 Å². The molecule has 1 aliphatic rings. The van der Waals surface area contributed by atoms with Gasteiger partial charge >= 0.3 is 0 Å². The summed E-state index contributed by atoms with van der Waals surface area (Å²) in [7, 11) is 0. The molecule has 1 heteroatoms. The van der Waals surface area contributed by atoms with E-state index in [1.807, 2.05) is 0 Å². The van der Waals surface area contributed by atoms with Gasteiger partial charge in [0.25, 0.3) is 0 Å². The number of aldehydes is 1. The van der Waals surface area contributed by atoms with Crippen molar-refractivity contribution in [2.75, 3.05) is 0 Å². The topological polar surface area (TPSA) is 17.1 Å². The van der Waals surface area contributed by atoms with Crippen LogP contribution in [-0.2, 0) is 4.79 Å². The van der Waals surface area contributed by atoms with Gasteiger partial charge in [-0.2, -0.15) is 0 Å². The fourth-order valence-corrected chi connectivity index (χ4v) is 3.84. The molecule has 1 nitrogen and oxygen atoms in total. The van der Waals surface area contributed by atoms with Crippen LogP contribution in [0.15, 0.2) is 0 Å². The second kappa shape index (κ2) is 3.67. The number of hydrogen-bond donors (Lipinski definition) is 0. The van der Waals surface area contributed by atoms with E-state index in [-0.39, 0.29) is 16.2 Å². The average Bonchev–Trinajstić information content (AvgIpc) is 1.98. The Hall–Kier alpha value is -0.770. The third-order valence-electron chi connectivity index (χ3n) is 3.32. The van der Waals surface area contributed by atoms with Gasteiger partial charge in [-0.15, -0.1) is 12.3 Å². The summed E-state index contributed by atoms with van der Waals surface area (Å²) in [6, 6.07) is 0. The van der Waals surface area contributed by atoms with Crippen molar-refractivity contribution in [1.82, 2.24) is 0 Å². The molecule has 0 aromatic carbocycles. The van der Waals surface area contributed by atoms with Gasteiger partial charge in [-0.05, 0) is 30.1 Å². The molecule has 0 unspecified atom stereocenters. The number of hydrogen-bond acceptors (Lipinski definition) is 1. The second-order valence-electron chi connectivity index (χ2n) is 6.72. The van der Waals surface area contributed by atoms with Gasteiger partial charge in [0, 0.05) is 11.8 Å². The van der Waals surface area contributed by atoms with E-state index in [4.69, 9.17) is 6.42 Å². The predicted molar refractivity (Wildman–Crippen MR) is 63.4 cm³/mol. The van der Waals surface area contributed by atoms with E-state index in [1.165, 1.54) is 6.42 Å². The Bertz CT molecular complexity index is 275. The zero-order chi connectivity index (χ0) is 11.7. The third-order valence-corrected chi connectivity index (χ3v) is 3.32. The van der Waals surface area contributed by atoms with Crippen LogP contribution in [0.5, 0.6) is 0 Å². The van der Waals surface area contributed by atoms with E-state index in [2.05, 4.69) is 33.6 Å². The van der Waals surface area contributed by atoms with E-state index in [1.54, 1.807) is 0 Å². The van der Waals surface area contributed by atoms with Crippen LogP contribution in [0, 0.1) is 28.6 Å². The molecule has 0 bridgehead atoms. The normalized spacial score (nSPS) is 26.6. The molecule has 1 fully saturated rings. The van der Waals surface area contributed by atoms with Crippen molar-refractivity contribution in [3.05, 3.63) is 0 Å². The van der Waals surface area contributed by atoms with Crippen LogP contribution in [0.25, 0.3) is 0 Å². The summed E-state index contributed by atoms with van der Waals surface area (Å²) in [6.07, 6.45) is 10.1. The standard InChI is InChI=1S/C14H22O/c1-6-7-14(11-15)9-12(2,3)8-13(4,5)10-14/h1,11H,7-10H2,2-5H3. The Morgan fingerprint density at radius 3 is 1.93 bits per heavy atom. The summed E-state index contributed by atoms with van der Waals surface area (Å²) in [5, 5.41) is 0. The lowest BCUT2D eigenvalue weighted by Crippen LogP contribution is -2.42. The van der Waals surface area contributed by atoms with Crippen LogP contribution in [0.1, 0.15) is 53.4 Å². The number of rotatable bonds is 2. The van der Waals surface area contributed by atoms with Crippen molar-refractivity contribution in [3.63, 3.8) is 0 Å². The Labute approximate surface area is 93.6 Å². The summed E-state index contributed by atoms with van der Waals surface area (Å²) < 4.78 is 0. The first-order valence-electron chi connectivity index (χ1n) is 5.64. The number of terminal acetylenes is 1. The molecule has 15 heavy (non-hydrogen) atoms. The minimum atomic E-state index is -0.278. The van der Waals surface area contributed by atoms with Crippen molar-refractivity contribution in [3.8, 4) is 12.3 Å². The molecule has 0 spiro atoms. The van der Waals surface area contributed by atoms with Crippen molar-refractivity contribution in [1.29, 1.82) is 0 Å². The fourth-order valence-electron chi connectivity index (χ4n) is 3.84. The lowest BCUT2D eigenvalue weighted by atomic mass is 9.55. The molecule has 0 saturated heterocycles. The van der Waals surface area contributed by atoms with Gasteiger partial charge in [0.1, 0.15) is 6.29 Å². The average molecular weight is 206 g/mol. The molecule has 0 amide bonds. The van der Waals surface area contributed by atoms with Crippen LogP contribution < -0.4 is 0 Å². The quantitative estimate of drug-likeness (QED) is 0.499. The molecule has 0 aromatic heterocycles. The Morgan fingerprint density at radius 2 is 1.60 bits per heavy atom. The van der Waals surface area contributed by atoms with Crippen LogP contribution in [0.2, 0.25) is 0 Å². The highest BCUT2D eigenvalue weighted by atomic mass is 16.1. The van der Waals surface area contributed by atoms with E-state index in [9.17, 15) is 4.79 Å². The summed E-state index contributed by atoms with van der Waals surface area (Å²) >= 11 is 0. The molecule has 1 saturated carbocycles. The molecule has 1 aliphatic carbocycles. The third kappa shape index (κ3) is 2.84. The number of carbonyl (C=O) groups is 1. The summed E-state index contributed by atoms with van der Waals surface area (Å²) in [4.78, 5) is 11.4. The Morgan fingerprint density at radius 1 is 1.13 bits per heavy atom. The van der Waals surface area contributed by atoms with Gasteiger partial charge in [-0.1, -0.05) is 27.7 Å². The van der Waals surface area contributed by atoms with Crippen LogP contribution in [0.3, 0.4) is 0 Å². The first kappa shape index (κ1) is 12.3. The van der Waals surface area contributed by atoms with E-state index >= 15 is 0 Å². The molecule has 0 atom stereocenters. The van der Waals surface area contributed by atoms with Gasteiger partial charge < -0.3 is 4.79 Å². The highest BCUT2D eigenvalue weighted by Gasteiger charge is 2.46. The van der Waals surface area contributed by atoms with Gasteiger partial charge in [0.2, 0.25) is 0 Å². The minimum Gasteiger partial charge on any atom is -0.303 e. The van der Waals surface area contributed by atoms with E-state index < -0.39 is 0 Å². The molecular weight excluding hydrogens is 184 g/mol. The van der Waals surface area contributed by atoms with Gasteiger partial charge in [0.15, 0.2) is 0 Å². The van der Waals surface area contributed by atoms with E-state index in [0.717, 1.165) is 19.1 Å². The van der Waals surface area contributed by atoms with Crippen molar-refractivity contribution < 1.29 is 4.79 Å². The van der Waals surface area contributed by atoms with Crippen LogP contribution >= 0.6 is 0 Å². The molecule has 0 aliphatic heterocycles. The zero-order valence-corrected chi connectivity index (χ0v) is 10.4. The smallest absolute Gasteiger partial charge is 0.127 e. The monoisotopic (exact) mass is 206 g/mol. The van der Waals surface area contributed by atoms with Gasteiger partial charge in [0.05, 0.1) is 0 Å². The second-order valence-corrected chi connectivity index (χ2v) is 6.72. The maximum Gasteiger partial charge on any atom is 0.127 e. The summed E-state index contributed by atoms with van der Waals surface area (Å²) in [5.41, 5.74) is 0.166. The van der Waals surface area contributed by atoms with Crippen molar-refractivity contribution >= 4 is 6.29 Å². The fraction of sp³-hybridized carbons (Fsp3) is 0.786. The van der Waals surface area contributed by atoms with Crippen molar-refractivity contribution in [2.24, 2.45) is 16.2 Å². The maximum atomic E-state index is 11.4. The van der Waals surface area contributed by atoms with Gasteiger partial charge in [-0.25, -0.2) is 0 Å². The minimum absolute atomic E-state index is 0.222. The first-order chi connectivity index (χ1) is 6.74. The lowest BCUT2D eigenvalue weighted by Gasteiger charge is -2.49. The van der Waals surface area contributed by atoms with Crippen molar-refractivity contribution in [2.45, 2.75) is 53.4 Å². The molecule has 0 aromatic rings. The molecule has 0 radical (unpaired) electrons. The SMILES string of the molecule is C#CCC1(C=O)CC(C)(C)CC(C)(C)C1. The largest absolute Gasteiger partial charge is 0.303 e. The highest BCUT2D eigenvalue weighted by molar-refractivity contribution is 5.60. The lowest BCUT2D eigenvalue weighted by molar-refractivity contribution is -0.123. The Kier molecular flexibility index (Phi) is 3.01. The molecule has 1 rings (SSSR count). The molecule has 0 N–H and O–H groups in total. The predicted octanol–water partition coefficient (Wildman–Crippen LogP) is 3.43.